The number of anilines is 1. The first-order valence-electron chi connectivity index (χ1n) is 9.66. The van der Waals surface area contributed by atoms with Crippen LogP contribution in [-0.2, 0) is 10.2 Å². The summed E-state index contributed by atoms with van der Waals surface area (Å²) in [5.41, 5.74) is 4.52. The molecule has 3 nitrogen and oxygen atoms in total. The van der Waals surface area contributed by atoms with Gasteiger partial charge in [0, 0.05) is 21.7 Å². The first-order valence-corrected chi connectivity index (χ1v) is 10.4. The minimum absolute atomic E-state index is 0.106. The van der Waals surface area contributed by atoms with Crippen LogP contribution in [0.4, 0.5) is 5.69 Å². The van der Waals surface area contributed by atoms with Crippen LogP contribution < -0.4 is 5.32 Å². The van der Waals surface area contributed by atoms with Crippen molar-refractivity contribution < 1.29 is 9.90 Å². The number of hydrogen-bond donors (Lipinski definition) is 2. The normalized spacial score (nSPS) is 25.4. The highest BCUT2D eigenvalue weighted by molar-refractivity contribution is 6.31. The van der Waals surface area contributed by atoms with Gasteiger partial charge in [-0.25, -0.2) is 0 Å². The van der Waals surface area contributed by atoms with Gasteiger partial charge in [-0.05, 0) is 73.7 Å². The Balaban J connectivity index is 2.02. The number of aliphatic hydroxyl groups is 1. The topological polar surface area (TPSA) is 49.3 Å². The number of amides is 1. The summed E-state index contributed by atoms with van der Waals surface area (Å²) in [6.07, 6.45) is 1.72. The van der Waals surface area contributed by atoms with E-state index in [4.69, 9.17) is 23.2 Å². The third kappa shape index (κ3) is 3.22. The van der Waals surface area contributed by atoms with Gasteiger partial charge in [-0.3, -0.25) is 4.79 Å². The molecule has 0 saturated heterocycles. The van der Waals surface area contributed by atoms with E-state index in [1.165, 1.54) is 0 Å². The van der Waals surface area contributed by atoms with Gasteiger partial charge in [-0.2, -0.15) is 0 Å². The summed E-state index contributed by atoms with van der Waals surface area (Å²) >= 11 is 12.5. The maximum atomic E-state index is 13.5. The molecular weight excluding hydrogens is 405 g/mol. The van der Waals surface area contributed by atoms with Gasteiger partial charge in [0.15, 0.2) is 0 Å². The molecule has 0 bridgehead atoms. The van der Waals surface area contributed by atoms with Gasteiger partial charge < -0.3 is 10.4 Å². The Bertz CT molecular complexity index is 1070. The van der Waals surface area contributed by atoms with Crippen molar-refractivity contribution in [3.05, 3.63) is 86.4 Å². The molecule has 1 aliphatic heterocycles. The number of halogens is 2. The number of aliphatic hydroxyl groups excluding tert-OH is 1. The lowest BCUT2D eigenvalue weighted by Crippen LogP contribution is -2.44. The predicted molar refractivity (Wildman–Crippen MR) is 119 cm³/mol. The molecule has 4 rings (SSSR count). The van der Waals surface area contributed by atoms with Crippen molar-refractivity contribution in [1.82, 2.24) is 0 Å². The largest absolute Gasteiger partial charge is 0.388 e. The number of fused-ring (bicyclic) bond motifs is 2. The summed E-state index contributed by atoms with van der Waals surface area (Å²) in [5, 5.41) is 15.2. The summed E-state index contributed by atoms with van der Waals surface area (Å²) < 4.78 is 0. The summed E-state index contributed by atoms with van der Waals surface area (Å²) in [5.74, 6) is -0.363. The number of benzene rings is 2. The molecule has 29 heavy (non-hydrogen) atoms. The van der Waals surface area contributed by atoms with E-state index >= 15 is 0 Å². The van der Waals surface area contributed by atoms with Crippen molar-refractivity contribution in [3.8, 4) is 0 Å². The van der Waals surface area contributed by atoms with Gasteiger partial charge in [-0.15, -0.1) is 0 Å². The van der Waals surface area contributed by atoms with Crippen molar-refractivity contribution >= 4 is 34.8 Å². The first kappa shape index (κ1) is 20.2. The smallest absolute Gasteiger partial charge is 0.239 e. The lowest BCUT2D eigenvalue weighted by Gasteiger charge is -2.41. The fraction of sp³-hybridized carbons (Fsp3) is 0.292. The monoisotopic (exact) mass is 427 g/mol. The molecular formula is C24H23Cl2NO2. The van der Waals surface area contributed by atoms with Gasteiger partial charge in [0.2, 0.25) is 5.91 Å². The van der Waals surface area contributed by atoms with E-state index in [1.54, 1.807) is 6.07 Å². The number of hydrogen-bond acceptors (Lipinski definition) is 2. The molecule has 0 saturated carbocycles. The number of rotatable bonds is 2. The first-order chi connectivity index (χ1) is 13.7. The molecule has 5 heteroatoms. The highest BCUT2D eigenvalue weighted by Crippen LogP contribution is 2.54. The number of carbonyl (C=O) groups is 1. The standard InChI is InChI=1S/C24H23Cl2NO2/c1-13(2)14(3)18-12-24(19-8-7-17(26)10-21(19)27-23(24)29)20(11-22(18)28)15-5-4-6-16(25)9-15/h4-10,12,20,22,28H,11H2,1-3H3,(H,27,29)/t20-,22?,24-/m0/s1. The third-order valence-corrected chi connectivity index (χ3v) is 6.71. The summed E-state index contributed by atoms with van der Waals surface area (Å²) in [7, 11) is 0. The van der Waals surface area contributed by atoms with E-state index in [9.17, 15) is 9.90 Å². The zero-order valence-electron chi connectivity index (χ0n) is 16.6. The summed E-state index contributed by atoms with van der Waals surface area (Å²) in [6.45, 7) is 6.02. The highest BCUT2D eigenvalue weighted by atomic mass is 35.5. The van der Waals surface area contributed by atoms with Crippen LogP contribution in [0.3, 0.4) is 0 Å². The van der Waals surface area contributed by atoms with Crippen LogP contribution in [0.25, 0.3) is 0 Å². The zero-order valence-corrected chi connectivity index (χ0v) is 18.1. The van der Waals surface area contributed by atoms with Crippen LogP contribution in [0.1, 0.15) is 44.2 Å². The SMILES string of the molecule is CC(C)=C(C)C1=C[C@@]2(C(=O)Nc3cc(Cl)ccc32)[C@H](c2cccc(Cl)c2)CC1O. The Morgan fingerprint density at radius 1 is 1.10 bits per heavy atom. The molecule has 1 amide bonds. The van der Waals surface area contributed by atoms with Gasteiger partial charge in [0.1, 0.15) is 5.41 Å². The summed E-state index contributed by atoms with van der Waals surface area (Å²) in [6, 6.07) is 13.1. The summed E-state index contributed by atoms with van der Waals surface area (Å²) in [4.78, 5) is 13.5. The van der Waals surface area contributed by atoms with E-state index in [0.717, 1.165) is 33.5 Å². The van der Waals surface area contributed by atoms with Crippen LogP contribution in [-0.4, -0.2) is 17.1 Å². The molecule has 1 unspecified atom stereocenters. The van der Waals surface area contributed by atoms with Crippen LogP contribution in [0.2, 0.25) is 10.0 Å². The maximum Gasteiger partial charge on any atom is 0.239 e. The zero-order chi connectivity index (χ0) is 20.9. The molecule has 150 valence electrons. The second-order valence-electron chi connectivity index (χ2n) is 8.10. The molecule has 2 aromatic carbocycles. The average molecular weight is 428 g/mol. The molecule has 3 atom stereocenters. The number of carbonyl (C=O) groups excluding carboxylic acids is 1. The van der Waals surface area contributed by atoms with Gasteiger partial charge in [-0.1, -0.05) is 53.1 Å². The van der Waals surface area contributed by atoms with Crippen molar-refractivity contribution in [2.75, 3.05) is 5.32 Å². The molecule has 0 aromatic heterocycles. The molecule has 2 N–H and O–H groups in total. The lowest BCUT2D eigenvalue weighted by atomic mass is 9.61. The predicted octanol–water partition coefficient (Wildman–Crippen LogP) is 6.01. The minimum Gasteiger partial charge on any atom is -0.388 e. The minimum atomic E-state index is -0.935. The fourth-order valence-electron chi connectivity index (χ4n) is 4.57. The lowest BCUT2D eigenvalue weighted by molar-refractivity contribution is -0.120. The Morgan fingerprint density at radius 2 is 1.83 bits per heavy atom. The van der Waals surface area contributed by atoms with Crippen molar-refractivity contribution in [1.29, 1.82) is 0 Å². The van der Waals surface area contributed by atoms with Crippen LogP contribution in [0, 0.1) is 0 Å². The Kier molecular flexibility index (Phi) is 5.10. The highest BCUT2D eigenvalue weighted by Gasteiger charge is 2.54. The molecule has 1 heterocycles. The third-order valence-electron chi connectivity index (χ3n) is 6.24. The number of allylic oxidation sites excluding steroid dienone is 1. The van der Waals surface area contributed by atoms with Crippen molar-refractivity contribution in [3.63, 3.8) is 0 Å². The van der Waals surface area contributed by atoms with Gasteiger partial charge in [0.25, 0.3) is 0 Å². The van der Waals surface area contributed by atoms with E-state index in [1.807, 2.05) is 63.2 Å². The average Bonchev–Trinajstić information content (AvgIpc) is 2.93. The van der Waals surface area contributed by atoms with Crippen LogP contribution >= 0.6 is 23.2 Å². The fourth-order valence-corrected chi connectivity index (χ4v) is 4.94. The molecule has 2 aromatic rings. The molecule has 2 aliphatic rings. The van der Waals surface area contributed by atoms with E-state index in [-0.39, 0.29) is 11.8 Å². The van der Waals surface area contributed by atoms with Crippen LogP contribution in [0.15, 0.2) is 65.3 Å². The van der Waals surface area contributed by atoms with Crippen LogP contribution in [0.5, 0.6) is 0 Å². The van der Waals surface area contributed by atoms with Crippen molar-refractivity contribution in [2.45, 2.75) is 44.6 Å². The molecule has 0 radical (unpaired) electrons. The van der Waals surface area contributed by atoms with E-state index in [2.05, 4.69) is 5.32 Å². The van der Waals surface area contributed by atoms with Gasteiger partial charge >= 0.3 is 0 Å². The van der Waals surface area contributed by atoms with Gasteiger partial charge in [0.05, 0.1) is 6.10 Å². The molecule has 1 spiro atoms. The van der Waals surface area contributed by atoms with E-state index in [0.29, 0.717) is 16.5 Å². The second kappa shape index (κ2) is 7.32. The number of nitrogens with one attached hydrogen (secondary N) is 1. The molecule has 0 fully saturated rings. The maximum absolute atomic E-state index is 13.5. The molecule has 1 aliphatic carbocycles. The Hall–Kier alpha value is -2.07. The quantitative estimate of drug-likeness (QED) is 0.615. The second-order valence-corrected chi connectivity index (χ2v) is 8.97. The Morgan fingerprint density at radius 3 is 2.52 bits per heavy atom. The van der Waals surface area contributed by atoms with E-state index < -0.39 is 11.5 Å². The van der Waals surface area contributed by atoms with Crippen molar-refractivity contribution in [2.24, 2.45) is 0 Å². The Labute approximate surface area is 181 Å².